The molecule has 0 aliphatic heterocycles. The molecule has 0 rings (SSSR count). The number of rotatable bonds is 1. The molecule has 0 saturated heterocycles. The van der Waals surface area contributed by atoms with Gasteiger partial charge in [0.05, 0.1) is 6.26 Å². The van der Waals surface area contributed by atoms with Crippen LogP contribution in [0.15, 0.2) is 0 Å². The van der Waals surface area contributed by atoms with Crippen LogP contribution in [0, 0.1) is 0 Å². The Morgan fingerprint density at radius 1 is 1.44 bits per heavy atom. The van der Waals surface area contributed by atoms with Gasteiger partial charge in [-0.1, -0.05) is 0 Å². The van der Waals surface area contributed by atoms with Crippen molar-refractivity contribution in [3.8, 4) is 0 Å². The second-order valence-electron chi connectivity index (χ2n) is 1.43. The van der Waals surface area contributed by atoms with Gasteiger partial charge in [0, 0.05) is 58.3 Å². The molecule has 9 heavy (non-hydrogen) atoms. The summed E-state index contributed by atoms with van der Waals surface area (Å²) in [5.74, 6) is -0.562. The van der Waals surface area contributed by atoms with Crippen molar-refractivity contribution in [3.63, 3.8) is 0 Å². The first-order valence-corrected chi connectivity index (χ1v) is 3.79. The molecule has 1 N–H and O–H groups in total. The van der Waals surface area contributed by atoms with Crippen LogP contribution in [0.3, 0.4) is 0 Å². The number of carbonyl (C=O) groups is 1. The maximum Gasteiger partial charge on any atom is 0.231 e. The van der Waals surface area contributed by atoms with Gasteiger partial charge < -0.3 is 0 Å². The van der Waals surface area contributed by atoms with E-state index in [1.165, 1.54) is 0 Å². The average molecular weight is 176 g/mol. The average Bonchev–Trinajstić information content (AvgIpc) is 1.21. The Balaban J connectivity index is 0. The fourth-order valence-corrected chi connectivity index (χ4v) is 0.783. The molecule has 0 saturated carbocycles. The van der Waals surface area contributed by atoms with Crippen LogP contribution in [-0.4, -0.2) is 72.0 Å². The van der Waals surface area contributed by atoms with Crippen LogP contribution in [0.5, 0.6) is 0 Å². The van der Waals surface area contributed by atoms with E-state index in [1.54, 1.807) is 4.72 Å². The van der Waals surface area contributed by atoms with E-state index in [-0.39, 0.29) is 51.4 Å². The summed E-state index contributed by atoms with van der Waals surface area (Å²) in [6, 6.07) is 0. The fourth-order valence-electron chi connectivity index (χ4n) is 0.261. The normalized spacial score (nSPS) is 9.56. The Kier molecular flexibility index (Phi) is 6.79. The van der Waals surface area contributed by atoms with Gasteiger partial charge in [-0.3, -0.25) is 9.52 Å². The van der Waals surface area contributed by atoms with Crippen molar-refractivity contribution in [3.05, 3.63) is 0 Å². The van der Waals surface area contributed by atoms with Crippen LogP contribution in [0.2, 0.25) is 0 Å². The van der Waals surface area contributed by atoms with Crippen LogP contribution in [-0.2, 0) is 14.8 Å². The Morgan fingerprint density at radius 3 is 1.78 bits per heavy atom. The largest absolute Gasteiger partial charge is 0.274 e. The molecule has 0 spiro atoms. The van der Waals surface area contributed by atoms with E-state index in [0.717, 1.165) is 13.2 Å². The third kappa shape index (κ3) is 12.3. The molecule has 1 amide bonds. The van der Waals surface area contributed by atoms with E-state index in [0.29, 0.717) is 0 Å². The first-order chi connectivity index (χ1) is 3.42. The van der Waals surface area contributed by atoms with E-state index in [9.17, 15) is 13.2 Å². The molecular formula is C3H7KNO3S. The SMILES string of the molecule is CC(=O)NS(C)(=O)=O.[K]. The summed E-state index contributed by atoms with van der Waals surface area (Å²) in [4.78, 5) is 9.97. The molecule has 0 atom stereocenters. The Labute approximate surface area is 96.9 Å². The summed E-state index contributed by atoms with van der Waals surface area (Å²) in [6.45, 7) is 1.14. The van der Waals surface area contributed by atoms with Crippen LogP contribution in [0.4, 0.5) is 0 Å². The minimum Gasteiger partial charge on any atom is -0.274 e. The van der Waals surface area contributed by atoms with Crippen LogP contribution < -0.4 is 4.72 Å². The summed E-state index contributed by atoms with van der Waals surface area (Å²) < 4.78 is 21.9. The van der Waals surface area contributed by atoms with Gasteiger partial charge in [0.1, 0.15) is 0 Å². The topological polar surface area (TPSA) is 63.2 Å². The predicted molar refractivity (Wildman–Crippen MR) is 34.4 cm³/mol. The van der Waals surface area contributed by atoms with Crippen LogP contribution >= 0.6 is 0 Å². The Bertz CT molecular complexity index is 185. The maximum atomic E-state index is 10.1. The molecule has 0 aromatic rings. The zero-order valence-electron chi connectivity index (χ0n) is 5.63. The Morgan fingerprint density at radius 2 is 1.78 bits per heavy atom. The summed E-state index contributed by atoms with van der Waals surface area (Å²) >= 11 is 0. The molecule has 1 radical (unpaired) electrons. The van der Waals surface area contributed by atoms with Crippen molar-refractivity contribution in [1.29, 1.82) is 0 Å². The molecule has 6 heteroatoms. The van der Waals surface area contributed by atoms with Gasteiger partial charge in [0.15, 0.2) is 0 Å². The van der Waals surface area contributed by atoms with Crippen molar-refractivity contribution in [1.82, 2.24) is 4.72 Å². The molecule has 0 unspecified atom stereocenters. The van der Waals surface area contributed by atoms with Crippen molar-refractivity contribution >= 4 is 67.3 Å². The van der Waals surface area contributed by atoms with Crippen LogP contribution in [0.1, 0.15) is 6.92 Å². The van der Waals surface area contributed by atoms with E-state index in [2.05, 4.69) is 0 Å². The molecule has 0 bridgehead atoms. The first-order valence-electron chi connectivity index (χ1n) is 1.90. The second-order valence-corrected chi connectivity index (χ2v) is 3.18. The number of amides is 1. The zero-order chi connectivity index (χ0) is 6.78. The molecule has 0 heterocycles. The molecular weight excluding hydrogens is 169 g/mol. The zero-order valence-corrected chi connectivity index (χ0v) is 9.57. The number of hydrogen-bond acceptors (Lipinski definition) is 3. The summed E-state index contributed by atoms with van der Waals surface area (Å²) in [7, 11) is -3.32. The molecule has 49 valence electrons. The monoisotopic (exact) mass is 176 g/mol. The fraction of sp³-hybridized carbons (Fsp3) is 0.667. The Hall–Kier alpha value is 1.06. The minimum absolute atomic E-state index is 0. The standard InChI is InChI=1S/C3H7NO3S.K/c1-3(5)4-8(2,6)7;/h1-2H3,(H,4,5);. The summed E-state index contributed by atoms with van der Waals surface area (Å²) in [5, 5.41) is 0. The van der Waals surface area contributed by atoms with Crippen molar-refractivity contribution in [2.45, 2.75) is 6.92 Å². The van der Waals surface area contributed by atoms with Gasteiger partial charge in [0.2, 0.25) is 15.9 Å². The summed E-state index contributed by atoms with van der Waals surface area (Å²) in [5.41, 5.74) is 0. The van der Waals surface area contributed by atoms with Gasteiger partial charge in [0.25, 0.3) is 0 Å². The van der Waals surface area contributed by atoms with Gasteiger partial charge in [-0.25, -0.2) is 8.42 Å². The van der Waals surface area contributed by atoms with Crippen molar-refractivity contribution < 1.29 is 13.2 Å². The predicted octanol–water partition coefficient (Wildman–Crippen LogP) is -1.30. The third-order valence-corrected chi connectivity index (χ3v) is 0.987. The molecule has 0 aliphatic carbocycles. The van der Waals surface area contributed by atoms with Crippen LogP contribution in [0.25, 0.3) is 0 Å². The first kappa shape index (κ1) is 12.7. The summed E-state index contributed by atoms with van der Waals surface area (Å²) in [6.07, 6.45) is 0.925. The van der Waals surface area contributed by atoms with E-state index in [1.807, 2.05) is 0 Å². The molecule has 0 aromatic carbocycles. The van der Waals surface area contributed by atoms with E-state index in [4.69, 9.17) is 0 Å². The van der Waals surface area contributed by atoms with Gasteiger partial charge >= 0.3 is 0 Å². The number of sulfonamides is 1. The molecule has 0 aliphatic rings. The second kappa shape index (κ2) is 4.81. The smallest absolute Gasteiger partial charge is 0.231 e. The van der Waals surface area contributed by atoms with Crippen molar-refractivity contribution in [2.75, 3.05) is 6.26 Å². The van der Waals surface area contributed by atoms with E-state index < -0.39 is 15.9 Å². The maximum absolute atomic E-state index is 10.1. The van der Waals surface area contributed by atoms with Gasteiger partial charge in [-0.15, -0.1) is 0 Å². The minimum atomic E-state index is -3.32. The van der Waals surface area contributed by atoms with Gasteiger partial charge in [-0.05, 0) is 0 Å². The van der Waals surface area contributed by atoms with E-state index >= 15 is 0 Å². The number of hydrogen-bond donors (Lipinski definition) is 1. The number of nitrogens with one attached hydrogen (secondary N) is 1. The molecule has 0 fully saturated rings. The number of carbonyl (C=O) groups excluding carboxylic acids is 1. The molecule has 0 aromatic heterocycles. The quantitative estimate of drug-likeness (QED) is 0.505. The van der Waals surface area contributed by atoms with Gasteiger partial charge in [-0.2, -0.15) is 0 Å². The molecule has 4 nitrogen and oxygen atoms in total. The third-order valence-electron chi connectivity index (χ3n) is 0.329. The van der Waals surface area contributed by atoms with Crippen molar-refractivity contribution in [2.24, 2.45) is 0 Å².